The van der Waals surface area contributed by atoms with Crippen molar-refractivity contribution in [2.24, 2.45) is 11.8 Å². The zero-order valence-electron chi connectivity index (χ0n) is 31.0. The van der Waals surface area contributed by atoms with Crippen LogP contribution in [0.5, 0.6) is 0 Å². The average Bonchev–Trinajstić information content (AvgIpc) is 3.38. The summed E-state index contributed by atoms with van der Waals surface area (Å²) in [4.78, 5) is 27.5. The number of fused-ring (bicyclic) bond motifs is 1. The Balaban J connectivity index is 1.07. The summed E-state index contributed by atoms with van der Waals surface area (Å²) in [5.41, 5.74) is 7.75. The van der Waals surface area contributed by atoms with Crippen molar-refractivity contribution < 1.29 is 32.1 Å². The number of nitrogens with two attached hydrogens (primary N) is 1. The van der Waals surface area contributed by atoms with Gasteiger partial charge < -0.3 is 33.9 Å². The molecule has 2 N–H and O–H groups in total. The maximum atomic E-state index is 14.8. The van der Waals surface area contributed by atoms with Crippen molar-refractivity contribution in [1.29, 1.82) is 0 Å². The lowest BCUT2D eigenvalue weighted by Crippen LogP contribution is -2.32. The zero-order valence-corrected chi connectivity index (χ0v) is 31.9. The van der Waals surface area contributed by atoms with Crippen molar-refractivity contribution in [2.45, 2.75) is 122 Å². The van der Waals surface area contributed by atoms with Gasteiger partial charge in [0.05, 0.1) is 25.3 Å². The number of pyridine rings is 1. The lowest BCUT2D eigenvalue weighted by molar-refractivity contribution is -0.598. The molecule has 1 aliphatic rings. The molecule has 3 aromatic heterocycles. The molecule has 1 saturated carbocycles. The smallest absolute Gasteiger partial charge is 0.361 e. The van der Waals surface area contributed by atoms with Gasteiger partial charge in [0.1, 0.15) is 7.60 Å². The van der Waals surface area contributed by atoms with Crippen LogP contribution < -0.4 is 20.1 Å². The maximum Gasteiger partial charge on any atom is 0.361 e. The fourth-order valence-corrected chi connectivity index (χ4v) is 7.79. The Morgan fingerprint density at radius 1 is 0.902 bits per heavy atom. The monoisotopic (exact) mass is 735 g/mol. The molecule has 0 aromatic carbocycles. The molecule has 0 radical (unpaired) electrons. The summed E-state index contributed by atoms with van der Waals surface area (Å²) in [7, 11) is -0.379. The molecule has 14 heteroatoms. The predicted molar refractivity (Wildman–Crippen MR) is 196 cm³/mol. The number of hydrogen-bond donors (Lipinski definition) is 1. The van der Waals surface area contributed by atoms with Crippen molar-refractivity contribution in [1.82, 2.24) is 19.5 Å². The van der Waals surface area contributed by atoms with Gasteiger partial charge in [-0.1, -0.05) is 90.4 Å². The van der Waals surface area contributed by atoms with Crippen molar-refractivity contribution >= 4 is 30.4 Å². The molecule has 1 unspecified atom stereocenters. The standard InChI is InChI=1S/C37H60F2N7O4P/c1-4-5-6-7-8-9-10-11-12-13-14-15-16-17-24-49-25-18-26-50-51(47,48)27-21-31-32(37(31,38)39)28-46-29-41-33-34(42-36(40)43-35(33)46)45-22-19-30(20-23-45)44(2)3/h19-20,22-23,29,31-32H,4-18,21,24-28H2,1-3H3,(H2-,40,42,43,47,48)/t31-,32+/m0/s1. The molecule has 1 fully saturated rings. The predicted octanol–water partition coefficient (Wildman–Crippen LogP) is 7.48. The lowest BCUT2D eigenvalue weighted by atomic mass is 10.0. The van der Waals surface area contributed by atoms with Gasteiger partial charge in [-0.05, 0) is 19.3 Å². The Kier molecular flexibility index (Phi) is 16.5. The average molecular weight is 736 g/mol. The van der Waals surface area contributed by atoms with Gasteiger partial charge in [0, 0.05) is 74.7 Å². The number of halogens is 2. The van der Waals surface area contributed by atoms with Crippen LogP contribution in [-0.2, 0) is 20.4 Å². The second-order valence-corrected chi connectivity index (χ2v) is 16.2. The molecular formula is C37H60F2N7O4P. The van der Waals surface area contributed by atoms with Crippen LogP contribution in [0.2, 0.25) is 0 Å². The van der Waals surface area contributed by atoms with Crippen LogP contribution in [0.1, 0.15) is 110 Å². The number of nitrogens with zero attached hydrogens (tertiary/aromatic N) is 6. The topological polar surface area (TPSA) is 135 Å². The van der Waals surface area contributed by atoms with Crippen molar-refractivity contribution in [3.8, 4) is 5.82 Å². The van der Waals surface area contributed by atoms with E-state index in [-0.39, 0.29) is 25.5 Å². The summed E-state index contributed by atoms with van der Waals surface area (Å²) in [6, 6.07) is 3.81. The van der Waals surface area contributed by atoms with E-state index in [1.807, 2.05) is 43.5 Å². The van der Waals surface area contributed by atoms with Gasteiger partial charge in [-0.2, -0.15) is 4.98 Å². The minimum atomic E-state index is -4.25. The third-order valence-corrected chi connectivity index (χ3v) is 11.3. The fraction of sp³-hybridized carbons (Fsp3) is 0.730. The molecule has 0 saturated heterocycles. The number of imidazole rings is 1. The first kappa shape index (κ1) is 41.0. The van der Waals surface area contributed by atoms with Crippen molar-refractivity contribution in [3.05, 3.63) is 30.9 Å². The van der Waals surface area contributed by atoms with Crippen LogP contribution in [0.3, 0.4) is 0 Å². The minimum absolute atomic E-state index is 0.00722. The normalized spacial score (nSPS) is 17.9. The Morgan fingerprint density at radius 2 is 1.49 bits per heavy atom. The molecule has 3 heterocycles. The van der Waals surface area contributed by atoms with E-state index in [2.05, 4.69) is 21.9 Å². The Morgan fingerprint density at radius 3 is 2.10 bits per heavy atom. The van der Waals surface area contributed by atoms with Crippen LogP contribution in [0.4, 0.5) is 20.4 Å². The van der Waals surface area contributed by atoms with E-state index in [1.54, 1.807) is 4.57 Å². The summed E-state index contributed by atoms with van der Waals surface area (Å²) in [5, 5.41) is 0. The van der Waals surface area contributed by atoms with E-state index in [0.29, 0.717) is 36.6 Å². The van der Waals surface area contributed by atoms with E-state index in [9.17, 15) is 18.2 Å². The first-order chi connectivity index (χ1) is 24.5. The Hall–Kier alpha value is -2.73. The number of unbranched alkanes of at least 4 members (excludes halogenated alkanes) is 13. The summed E-state index contributed by atoms with van der Waals surface area (Å²) in [6.07, 6.45) is 23.1. The van der Waals surface area contributed by atoms with Gasteiger partial charge in [-0.25, -0.2) is 18.3 Å². The van der Waals surface area contributed by atoms with Gasteiger partial charge in [0.2, 0.25) is 5.52 Å². The van der Waals surface area contributed by atoms with Crippen LogP contribution in [0, 0.1) is 11.8 Å². The highest BCUT2D eigenvalue weighted by Crippen LogP contribution is 2.59. The van der Waals surface area contributed by atoms with Gasteiger partial charge in [-0.15, -0.1) is 0 Å². The maximum absolute atomic E-state index is 14.8. The van der Waals surface area contributed by atoms with E-state index in [1.165, 1.54) is 87.9 Å². The minimum Gasteiger partial charge on any atom is -0.778 e. The molecule has 0 spiro atoms. The van der Waals surface area contributed by atoms with Gasteiger partial charge in [0.15, 0.2) is 5.65 Å². The van der Waals surface area contributed by atoms with Crippen LogP contribution >= 0.6 is 7.60 Å². The molecule has 286 valence electrons. The molecule has 3 atom stereocenters. The number of alkyl halides is 2. The quantitative estimate of drug-likeness (QED) is 0.0480. The highest BCUT2D eigenvalue weighted by molar-refractivity contribution is 7.51. The zero-order chi connectivity index (χ0) is 36.7. The largest absolute Gasteiger partial charge is 0.778 e. The van der Waals surface area contributed by atoms with Crippen LogP contribution in [0.15, 0.2) is 30.9 Å². The molecule has 3 aromatic rings. The van der Waals surface area contributed by atoms with Crippen molar-refractivity contribution in [3.63, 3.8) is 0 Å². The molecule has 11 nitrogen and oxygen atoms in total. The molecule has 4 rings (SSSR count). The van der Waals surface area contributed by atoms with Crippen molar-refractivity contribution in [2.75, 3.05) is 50.7 Å². The van der Waals surface area contributed by atoms with E-state index >= 15 is 0 Å². The molecular weight excluding hydrogens is 675 g/mol. The molecule has 0 aliphatic heterocycles. The van der Waals surface area contributed by atoms with Gasteiger partial charge >= 0.3 is 11.8 Å². The fourth-order valence-electron chi connectivity index (χ4n) is 6.66. The molecule has 0 amide bonds. The second kappa shape index (κ2) is 20.5. The second-order valence-electron chi connectivity index (χ2n) is 14.2. The summed E-state index contributed by atoms with van der Waals surface area (Å²) in [6.45, 7) is 3.24. The van der Waals surface area contributed by atoms with Crippen LogP contribution in [-0.4, -0.2) is 65.5 Å². The van der Waals surface area contributed by atoms with Gasteiger partial charge in [0.25, 0.3) is 5.92 Å². The number of anilines is 2. The van der Waals surface area contributed by atoms with E-state index in [0.717, 1.165) is 18.5 Å². The number of ether oxygens (including phenoxy) is 1. The van der Waals surface area contributed by atoms with Gasteiger partial charge in [-0.3, -0.25) is 0 Å². The number of rotatable bonds is 27. The van der Waals surface area contributed by atoms with Crippen LogP contribution in [0.25, 0.3) is 17.0 Å². The van der Waals surface area contributed by atoms with E-state index < -0.39 is 31.5 Å². The number of nitrogen functional groups attached to an aromatic ring is 1. The Labute approximate surface area is 302 Å². The Bertz CT molecular complexity index is 1510. The third-order valence-electron chi connectivity index (χ3n) is 9.87. The summed E-state index contributed by atoms with van der Waals surface area (Å²) in [5.74, 6) is -4.71. The molecule has 51 heavy (non-hydrogen) atoms. The highest BCUT2D eigenvalue weighted by atomic mass is 31.2. The molecule has 1 aliphatic carbocycles. The first-order valence-electron chi connectivity index (χ1n) is 19.1. The molecule has 0 bridgehead atoms. The van der Waals surface area contributed by atoms with E-state index in [4.69, 9.17) is 15.0 Å². The first-order valence-corrected chi connectivity index (χ1v) is 20.8. The number of hydrogen-bond acceptors (Lipinski definition) is 9. The summed E-state index contributed by atoms with van der Waals surface area (Å²) >= 11 is 0. The summed E-state index contributed by atoms with van der Waals surface area (Å²) < 4.78 is 56.2. The third kappa shape index (κ3) is 13.0. The lowest BCUT2D eigenvalue weighted by Gasteiger charge is -2.23. The highest BCUT2D eigenvalue weighted by Gasteiger charge is 2.67. The number of aromatic nitrogens is 5. The SMILES string of the molecule is CCCCCCCCCCCCCCCCOCCCOP(=O)([O-])CC[C@H]1[C@@H](Cn2cnc3c(-[n+]4ccc(N(C)C)cc4)nc(N)nc32)C1(F)F.